The van der Waals surface area contributed by atoms with Crippen molar-refractivity contribution >= 4 is 17.4 Å². The van der Waals surface area contributed by atoms with Gasteiger partial charge in [-0.1, -0.05) is 30.3 Å². The lowest BCUT2D eigenvalue weighted by atomic mass is 10.1. The summed E-state index contributed by atoms with van der Waals surface area (Å²) in [6.07, 6.45) is 0. The van der Waals surface area contributed by atoms with Gasteiger partial charge in [0.15, 0.2) is 5.69 Å². The van der Waals surface area contributed by atoms with Crippen molar-refractivity contribution < 1.29 is 18.3 Å². The van der Waals surface area contributed by atoms with Crippen LogP contribution in [0.15, 0.2) is 58.1 Å². The van der Waals surface area contributed by atoms with E-state index in [1.807, 2.05) is 0 Å². The van der Waals surface area contributed by atoms with E-state index in [0.29, 0.717) is 5.56 Å². The van der Waals surface area contributed by atoms with Gasteiger partial charge in [-0.15, -0.1) is 0 Å². The highest BCUT2D eigenvalue weighted by atomic mass is 19.1. The third kappa shape index (κ3) is 4.69. The minimum absolute atomic E-state index is 0.00659. The molecule has 2 aromatic carbocycles. The predicted octanol–water partition coefficient (Wildman–Crippen LogP) is 1.89. The van der Waals surface area contributed by atoms with Gasteiger partial charge in [-0.25, -0.2) is 13.6 Å². The second kappa shape index (κ2) is 9.35. The molecule has 8 nitrogen and oxygen atoms in total. The zero-order valence-electron chi connectivity index (χ0n) is 16.6. The third-order valence-corrected chi connectivity index (χ3v) is 4.59. The highest BCUT2D eigenvalue weighted by molar-refractivity contribution is 6.07. The molecule has 1 aromatic heterocycles. The van der Waals surface area contributed by atoms with Gasteiger partial charge >= 0.3 is 5.69 Å². The van der Waals surface area contributed by atoms with Gasteiger partial charge in [-0.3, -0.25) is 24.0 Å². The first kappa shape index (κ1) is 21.9. The van der Waals surface area contributed by atoms with E-state index in [0.717, 1.165) is 27.7 Å². The largest absolute Gasteiger partial charge is 0.383 e. The molecule has 0 aliphatic rings. The van der Waals surface area contributed by atoms with Gasteiger partial charge in [0, 0.05) is 7.11 Å². The summed E-state index contributed by atoms with van der Waals surface area (Å²) in [5.41, 5.74) is 4.04. The lowest BCUT2D eigenvalue weighted by Gasteiger charge is -2.25. The Morgan fingerprint density at radius 3 is 2.55 bits per heavy atom. The van der Waals surface area contributed by atoms with Crippen LogP contribution in [-0.2, 0) is 17.8 Å². The molecule has 0 saturated heterocycles. The van der Waals surface area contributed by atoms with Gasteiger partial charge < -0.3 is 10.5 Å². The number of hydrogen-bond acceptors (Lipinski definition) is 5. The number of amides is 1. The van der Waals surface area contributed by atoms with Crippen LogP contribution in [-0.4, -0.2) is 29.2 Å². The van der Waals surface area contributed by atoms with Crippen molar-refractivity contribution in [3.8, 4) is 0 Å². The number of hydrogen-bond donors (Lipinski definition) is 2. The summed E-state index contributed by atoms with van der Waals surface area (Å²) in [7, 11) is 1.42. The van der Waals surface area contributed by atoms with Gasteiger partial charge in [0.05, 0.1) is 25.3 Å². The Kier molecular flexibility index (Phi) is 6.61. The molecule has 0 saturated carbocycles. The molecular formula is C21H20F2N4O4. The third-order valence-electron chi connectivity index (χ3n) is 4.59. The molecule has 0 fully saturated rings. The highest BCUT2D eigenvalue weighted by Crippen LogP contribution is 2.23. The average molecular weight is 430 g/mol. The number of methoxy groups -OCH3 is 1. The maximum absolute atomic E-state index is 14.3. The van der Waals surface area contributed by atoms with E-state index in [4.69, 9.17) is 10.5 Å². The first-order valence-electron chi connectivity index (χ1n) is 9.26. The Balaban J connectivity index is 2.19. The van der Waals surface area contributed by atoms with Crippen LogP contribution < -0.4 is 21.9 Å². The Morgan fingerprint density at radius 1 is 1.16 bits per heavy atom. The zero-order valence-corrected chi connectivity index (χ0v) is 16.6. The van der Waals surface area contributed by atoms with Crippen LogP contribution in [0, 0.1) is 11.6 Å². The quantitative estimate of drug-likeness (QED) is 0.595. The Labute approximate surface area is 175 Å². The second-order valence-electron chi connectivity index (χ2n) is 6.64. The fourth-order valence-corrected chi connectivity index (χ4v) is 3.07. The number of nitrogens with zero attached hydrogens (tertiary/aromatic N) is 2. The number of H-pyrrole nitrogens is 1. The minimum atomic E-state index is -0.991. The molecule has 0 aliphatic heterocycles. The molecule has 162 valence electrons. The number of aromatic amines is 1. The number of nitrogens with one attached hydrogen (secondary N) is 1. The summed E-state index contributed by atoms with van der Waals surface area (Å²) in [6.45, 7) is -0.0568. The van der Waals surface area contributed by atoms with E-state index >= 15 is 0 Å². The molecule has 3 rings (SSSR count). The van der Waals surface area contributed by atoms with E-state index < -0.39 is 34.4 Å². The number of rotatable bonds is 7. The van der Waals surface area contributed by atoms with E-state index in [1.54, 1.807) is 30.3 Å². The van der Waals surface area contributed by atoms with Crippen molar-refractivity contribution in [2.75, 3.05) is 24.4 Å². The van der Waals surface area contributed by atoms with Crippen molar-refractivity contribution in [1.29, 1.82) is 0 Å². The van der Waals surface area contributed by atoms with Crippen molar-refractivity contribution in [2.45, 2.75) is 13.1 Å². The molecule has 0 atom stereocenters. The summed E-state index contributed by atoms with van der Waals surface area (Å²) >= 11 is 0. The number of benzene rings is 2. The number of carbonyl (C=O) groups excluding carboxylic acids is 1. The SMILES string of the molecule is COCCn1c(N)c(N(Cc2ccccc2)C(=O)c2cc(F)ccc2F)c(=O)[nH]c1=O. The summed E-state index contributed by atoms with van der Waals surface area (Å²) in [5, 5.41) is 0. The molecular weight excluding hydrogens is 410 g/mol. The fraction of sp³-hybridized carbons (Fsp3) is 0.190. The molecule has 1 amide bonds. The van der Waals surface area contributed by atoms with Crippen molar-refractivity contribution in [2.24, 2.45) is 0 Å². The molecule has 3 N–H and O–H groups in total. The topological polar surface area (TPSA) is 110 Å². The smallest absolute Gasteiger partial charge is 0.330 e. The first-order chi connectivity index (χ1) is 14.8. The van der Waals surface area contributed by atoms with E-state index in [-0.39, 0.29) is 31.2 Å². The number of anilines is 2. The van der Waals surface area contributed by atoms with Crippen molar-refractivity contribution in [3.63, 3.8) is 0 Å². The second-order valence-corrected chi connectivity index (χ2v) is 6.64. The maximum atomic E-state index is 14.3. The van der Waals surface area contributed by atoms with Crippen LogP contribution in [0.2, 0.25) is 0 Å². The summed E-state index contributed by atoms with van der Waals surface area (Å²) < 4.78 is 34.1. The number of halogens is 2. The summed E-state index contributed by atoms with van der Waals surface area (Å²) in [4.78, 5) is 41.1. The molecule has 0 aliphatic carbocycles. The van der Waals surface area contributed by atoms with Crippen LogP contribution in [0.5, 0.6) is 0 Å². The molecule has 0 spiro atoms. The first-order valence-corrected chi connectivity index (χ1v) is 9.26. The van der Waals surface area contributed by atoms with E-state index in [2.05, 4.69) is 4.98 Å². The predicted molar refractivity (Wildman–Crippen MR) is 111 cm³/mol. The number of nitrogens with two attached hydrogens (primary N) is 1. The fourth-order valence-electron chi connectivity index (χ4n) is 3.07. The van der Waals surface area contributed by atoms with E-state index in [9.17, 15) is 23.2 Å². The van der Waals surface area contributed by atoms with Crippen LogP contribution >= 0.6 is 0 Å². The number of nitrogen functional groups attached to an aromatic ring is 1. The van der Waals surface area contributed by atoms with Crippen LogP contribution in [0.4, 0.5) is 20.3 Å². The Morgan fingerprint density at radius 2 is 1.87 bits per heavy atom. The Hall–Kier alpha value is -3.79. The van der Waals surface area contributed by atoms with Gasteiger partial charge in [-0.2, -0.15) is 0 Å². The number of ether oxygens (including phenoxy) is 1. The summed E-state index contributed by atoms with van der Waals surface area (Å²) in [5.74, 6) is -3.08. The molecule has 1 heterocycles. The molecule has 31 heavy (non-hydrogen) atoms. The van der Waals surface area contributed by atoms with Gasteiger partial charge in [0.2, 0.25) is 0 Å². The zero-order chi connectivity index (χ0) is 22.5. The minimum Gasteiger partial charge on any atom is -0.383 e. The standard InChI is InChI=1S/C21H20F2N4O4/c1-31-10-9-26-18(24)17(19(28)25-21(26)30)27(12-13-5-3-2-4-6-13)20(29)15-11-14(22)7-8-16(15)23/h2-8,11H,9-10,12,24H2,1H3,(H,25,28,30). The van der Waals surface area contributed by atoms with Gasteiger partial charge in [0.25, 0.3) is 11.5 Å². The summed E-state index contributed by atoms with van der Waals surface area (Å²) in [6, 6.07) is 11.0. The highest BCUT2D eigenvalue weighted by Gasteiger charge is 2.27. The molecule has 0 unspecified atom stereocenters. The van der Waals surface area contributed by atoms with Crippen molar-refractivity contribution in [1.82, 2.24) is 9.55 Å². The number of carbonyl (C=O) groups is 1. The molecule has 10 heteroatoms. The average Bonchev–Trinajstić information content (AvgIpc) is 2.74. The van der Waals surface area contributed by atoms with Crippen LogP contribution in [0.1, 0.15) is 15.9 Å². The monoisotopic (exact) mass is 430 g/mol. The van der Waals surface area contributed by atoms with Gasteiger partial charge in [-0.05, 0) is 23.8 Å². The lowest BCUT2D eigenvalue weighted by molar-refractivity contribution is 0.0980. The lowest BCUT2D eigenvalue weighted by Crippen LogP contribution is -2.41. The van der Waals surface area contributed by atoms with Gasteiger partial charge in [0.1, 0.15) is 17.5 Å². The number of aromatic nitrogens is 2. The van der Waals surface area contributed by atoms with Crippen LogP contribution in [0.25, 0.3) is 0 Å². The normalized spacial score (nSPS) is 10.8. The van der Waals surface area contributed by atoms with Crippen LogP contribution in [0.3, 0.4) is 0 Å². The van der Waals surface area contributed by atoms with Crippen molar-refractivity contribution in [3.05, 3.63) is 92.1 Å². The molecule has 0 radical (unpaired) electrons. The Bertz CT molecular complexity index is 1210. The molecule has 3 aromatic rings. The molecule has 0 bridgehead atoms. The van der Waals surface area contributed by atoms with E-state index in [1.165, 1.54) is 7.11 Å². The maximum Gasteiger partial charge on any atom is 0.330 e.